The number of primary amides is 1. The van der Waals surface area contributed by atoms with Crippen molar-refractivity contribution in [3.05, 3.63) is 77.9 Å². The van der Waals surface area contributed by atoms with Crippen LogP contribution in [0.15, 0.2) is 66.7 Å². The molecule has 1 saturated heterocycles. The van der Waals surface area contributed by atoms with Gasteiger partial charge in [-0.1, -0.05) is 61.0 Å². The van der Waals surface area contributed by atoms with Crippen molar-refractivity contribution in [3.63, 3.8) is 0 Å². The summed E-state index contributed by atoms with van der Waals surface area (Å²) in [6.07, 6.45) is 1.16. The summed E-state index contributed by atoms with van der Waals surface area (Å²) >= 11 is 0. The minimum atomic E-state index is -1.38. The summed E-state index contributed by atoms with van der Waals surface area (Å²) in [4.78, 5) is 51.0. The monoisotopic (exact) mass is 575 g/mol. The molecule has 4 amide bonds. The van der Waals surface area contributed by atoms with E-state index in [9.17, 15) is 29.4 Å². The lowest BCUT2D eigenvalue weighted by atomic mass is 9.99. The van der Waals surface area contributed by atoms with E-state index in [4.69, 9.17) is 5.73 Å². The Kier molecular flexibility index (Phi) is 10.5. The number of hydrogen-bond donors (Lipinski definition) is 7. The van der Waals surface area contributed by atoms with Crippen molar-refractivity contribution in [1.29, 1.82) is 0 Å². The van der Waals surface area contributed by atoms with Crippen molar-refractivity contribution in [1.82, 2.24) is 21.3 Å². The zero-order valence-electron chi connectivity index (χ0n) is 23.2. The van der Waals surface area contributed by atoms with Gasteiger partial charge < -0.3 is 37.2 Å². The maximum absolute atomic E-state index is 13.4. The number of phenolic OH excluding ortho intramolecular Hbond substituents is 1. The lowest BCUT2D eigenvalue weighted by Crippen LogP contribution is -2.56. The molecule has 1 aliphatic heterocycles. The fourth-order valence-electron chi connectivity index (χ4n) is 5.04. The van der Waals surface area contributed by atoms with Crippen LogP contribution in [0.4, 0.5) is 0 Å². The van der Waals surface area contributed by atoms with E-state index in [0.717, 1.165) is 30.3 Å². The van der Waals surface area contributed by atoms with Gasteiger partial charge in [0, 0.05) is 6.54 Å². The molecule has 0 spiro atoms. The number of piperidine rings is 1. The molecular formula is C31H37N5O6. The number of carbonyl (C=O) groups is 4. The Morgan fingerprint density at radius 2 is 1.64 bits per heavy atom. The number of nitrogens with one attached hydrogen (secondary N) is 4. The minimum Gasteiger partial charge on any atom is -0.507 e. The summed E-state index contributed by atoms with van der Waals surface area (Å²) in [7, 11) is 0. The van der Waals surface area contributed by atoms with Crippen LogP contribution in [-0.2, 0) is 20.8 Å². The van der Waals surface area contributed by atoms with Crippen LogP contribution in [-0.4, -0.2) is 71.2 Å². The first-order valence-electron chi connectivity index (χ1n) is 14.1. The number of rotatable bonds is 12. The highest BCUT2D eigenvalue weighted by Crippen LogP contribution is 2.25. The Morgan fingerprint density at radius 1 is 0.952 bits per heavy atom. The Morgan fingerprint density at radius 3 is 2.31 bits per heavy atom. The predicted molar refractivity (Wildman–Crippen MR) is 157 cm³/mol. The Bertz CT molecular complexity index is 1410. The first kappa shape index (κ1) is 30.5. The lowest BCUT2D eigenvalue weighted by molar-refractivity contribution is -0.128. The van der Waals surface area contributed by atoms with Crippen LogP contribution in [0, 0.1) is 0 Å². The molecule has 0 unspecified atom stereocenters. The van der Waals surface area contributed by atoms with E-state index in [2.05, 4.69) is 21.3 Å². The molecule has 42 heavy (non-hydrogen) atoms. The smallest absolute Gasteiger partial charge is 0.255 e. The SMILES string of the molecule is NC(=O)C[C@H](NC(=O)c1cc2ccccc2cc1O)C(=O)N[C@@H](Cc1ccccc1)[C@H](O)CNC(=O)[C@@H]1CCCCN1. The van der Waals surface area contributed by atoms with Crippen LogP contribution >= 0.6 is 0 Å². The number of nitrogens with two attached hydrogens (primary N) is 1. The number of aliphatic hydroxyl groups excluding tert-OH is 1. The summed E-state index contributed by atoms with van der Waals surface area (Å²) < 4.78 is 0. The maximum atomic E-state index is 13.4. The summed E-state index contributed by atoms with van der Waals surface area (Å²) in [6, 6.07) is 16.6. The zero-order valence-corrected chi connectivity index (χ0v) is 23.2. The quantitative estimate of drug-likeness (QED) is 0.167. The van der Waals surface area contributed by atoms with E-state index in [1.54, 1.807) is 24.3 Å². The maximum Gasteiger partial charge on any atom is 0.255 e. The number of phenols is 1. The molecule has 4 rings (SSSR count). The van der Waals surface area contributed by atoms with E-state index in [1.807, 2.05) is 30.3 Å². The van der Waals surface area contributed by atoms with E-state index in [0.29, 0.717) is 11.8 Å². The molecule has 11 nitrogen and oxygen atoms in total. The molecule has 4 atom stereocenters. The molecule has 0 bridgehead atoms. The molecule has 222 valence electrons. The molecule has 8 N–H and O–H groups in total. The molecule has 0 aliphatic carbocycles. The molecule has 1 heterocycles. The molecular weight excluding hydrogens is 538 g/mol. The van der Waals surface area contributed by atoms with E-state index < -0.39 is 42.3 Å². The van der Waals surface area contributed by atoms with Crippen molar-refractivity contribution in [2.45, 2.75) is 56.3 Å². The summed E-state index contributed by atoms with van der Waals surface area (Å²) in [5.41, 5.74) is 6.14. The van der Waals surface area contributed by atoms with Gasteiger partial charge >= 0.3 is 0 Å². The number of fused-ring (bicyclic) bond motifs is 1. The zero-order chi connectivity index (χ0) is 30.1. The van der Waals surface area contributed by atoms with Crippen LogP contribution in [0.1, 0.15) is 41.6 Å². The van der Waals surface area contributed by atoms with Gasteiger partial charge in [-0.3, -0.25) is 19.2 Å². The number of hydrogen-bond acceptors (Lipinski definition) is 7. The molecule has 0 saturated carbocycles. The molecule has 3 aromatic rings. The van der Waals surface area contributed by atoms with Crippen molar-refractivity contribution < 1.29 is 29.4 Å². The second-order valence-electron chi connectivity index (χ2n) is 10.5. The average molecular weight is 576 g/mol. The van der Waals surface area contributed by atoms with Crippen molar-refractivity contribution in [2.24, 2.45) is 5.73 Å². The molecule has 0 aromatic heterocycles. The first-order valence-corrected chi connectivity index (χ1v) is 14.1. The molecule has 3 aromatic carbocycles. The second-order valence-corrected chi connectivity index (χ2v) is 10.5. The van der Waals surface area contributed by atoms with Gasteiger partial charge in [0.1, 0.15) is 11.8 Å². The number of carbonyl (C=O) groups excluding carboxylic acids is 4. The highest BCUT2D eigenvalue weighted by atomic mass is 16.3. The molecule has 11 heteroatoms. The third-order valence-corrected chi connectivity index (χ3v) is 7.34. The Labute approximate surface area is 243 Å². The largest absolute Gasteiger partial charge is 0.507 e. The Hall–Kier alpha value is -4.48. The van der Waals surface area contributed by atoms with Crippen LogP contribution in [0.2, 0.25) is 0 Å². The van der Waals surface area contributed by atoms with Crippen molar-refractivity contribution >= 4 is 34.4 Å². The number of aromatic hydroxyl groups is 1. The number of benzene rings is 3. The highest BCUT2D eigenvalue weighted by Gasteiger charge is 2.30. The van der Waals surface area contributed by atoms with E-state index in [1.165, 1.54) is 12.1 Å². The highest BCUT2D eigenvalue weighted by molar-refractivity contribution is 6.03. The Balaban J connectivity index is 1.48. The lowest BCUT2D eigenvalue weighted by Gasteiger charge is -2.28. The summed E-state index contributed by atoms with van der Waals surface area (Å²) in [6.45, 7) is 0.629. The first-order chi connectivity index (χ1) is 20.2. The van der Waals surface area contributed by atoms with Gasteiger partial charge in [0.05, 0.1) is 30.2 Å². The van der Waals surface area contributed by atoms with Gasteiger partial charge in [-0.25, -0.2) is 0 Å². The van der Waals surface area contributed by atoms with Gasteiger partial charge in [0.25, 0.3) is 5.91 Å². The van der Waals surface area contributed by atoms with Crippen LogP contribution in [0.3, 0.4) is 0 Å². The van der Waals surface area contributed by atoms with Crippen LogP contribution in [0.25, 0.3) is 10.8 Å². The van der Waals surface area contributed by atoms with Crippen LogP contribution in [0.5, 0.6) is 5.75 Å². The standard InChI is InChI=1S/C31H37N5O6/c32-28(39)17-25(36-29(40)22-15-20-10-4-5-11-21(20)16-26(22)37)31(42)35-24(14-19-8-2-1-3-9-19)27(38)18-34-30(41)23-12-6-7-13-33-23/h1-5,8-11,15-16,23-25,27,33,37-38H,6-7,12-14,17-18H2,(H2,32,39)(H,34,41)(H,35,42)(H,36,40)/t23-,24-,25-,27+/m0/s1. The normalized spacial score (nSPS) is 17.0. The van der Waals surface area contributed by atoms with Gasteiger partial charge in [-0.2, -0.15) is 0 Å². The molecule has 1 fully saturated rings. The molecule has 1 aliphatic rings. The van der Waals surface area contributed by atoms with Gasteiger partial charge in [0.15, 0.2) is 0 Å². The average Bonchev–Trinajstić information content (AvgIpc) is 2.99. The third kappa shape index (κ3) is 8.27. The summed E-state index contributed by atoms with van der Waals surface area (Å²) in [5, 5.41) is 34.1. The van der Waals surface area contributed by atoms with E-state index in [-0.39, 0.29) is 36.2 Å². The van der Waals surface area contributed by atoms with Gasteiger partial charge in [-0.15, -0.1) is 0 Å². The van der Waals surface area contributed by atoms with E-state index >= 15 is 0 Å². The summed E-state index contributed by atoms with van der Waals surface area (Å²) in [5.74, 6) is -2.86. The second kappa shape index (κ2) is 14.4. The number of aliphatic hydroxyl groups is 1. The van der Waals surface area contributed by atoms with Gasteiger partial charge in [0.2, 0.25) is 17.7 Å². The molecule has 0 radical (unpaired) electrons. The predicted octanol–water partition coefficient (Wildman–Crippen LogP) is 0.866. The van der Waals surface area contributed by atoms with Crippen molar-refractivity contribution in [3.8, 4) is 5.75 Å². The van der Waals surface area contributed by atoms with Crippen molar-refractivity contribution in [2.75, 3.05) is 13.1 Å². The fourth-order valence-corrected chi connectivity index (χ4v) is 5.04. The van der Waals surface area contributed by atoms with Gasteiger partial charge in [-0.05, 0) is 54.3 Å². The third-order valence-electron chi connectivity index (χ3n) is 7.34. The number of amides is 4. The topological polar surface area (TPSA) is 183 Å². The minimum absolute atomic E-state index is 0.0733. The van der Waals surface area contributed by atoms with Crippen LogP contribution < -0.4 is 27.0 Å². The fraction of sp³-hybridized carbons (Fsp3) is 0.355.